The Morgan fingerprint density at radius 1 is 1.11 bits per heavy atom. The van der Waals surface area contributed by atoms with E-state index in [-0.39, 0.29) is 29.7 Å². The van der Waals surface area contributed by atoms with Crippen LogP contribution in [0, 0.1) is 6.92 Å². The first kappa shape index (κ1) is 18.9. The van der Waals surface area contributed by atoms with Gasteiger partial charge in [0.25, 0.3) is 15.6 Å². The van der Waals surface area contributed by atoms with E-state index >= 15 is 0 Å². The highest BCUT2D eigenvalue weighted by atomic mass is 35.5. The molecule has 146 valence electrons. The maximum atomic E-state index is 12.7. The van der Waals surface area contributed by atoms with Crippen molar-refractivity contribution in [1.82, 2.24) is 23.6 Å². The zero-order valence-corrected chi connectivity index (χ0v) is 16.9. The number of aryl methyl sites for hydroxylation is 2. The van der Waals surface area contributed by atoms with Crippen LogP contribution in [-0.4, -0.2) is 45.1 Å². The number of halogens is 1. The predicted octanol–water partition coefficient (Wildman–Crippen LogP) is 1.85. The van der Waals surface area contributed by atoms with Crippen molar-refractivity contribution in [2.75, 3.05) is 13.1 Å². The number of aromatic nitrogens is 4. The molecule has 0 radical (unpaired) electrons. The molecular formula is C18H18ClN5O3S. The van der Waals surface area contributed by atoms with Crippen molar-refractivity contribution in [1.29, 1.82) is 0 Å². The third-order valence-corrected chi connectivity index (χ3v) is 6.79. The molecular weight excluding hydrogens is 402 g/mol. The van der Waals surface area contributed by atoms with Crippen LogP contribution in [0.5, 0.6) is 0 Å². The Kier molecular flexibility index (Phi) is 4.60. The summed E-state index contributed by atoms with van der Waals surface area (Å²) in [6.07, 6.45) is 1.49. The summed E-state index contributed by atoms with van der Waals surface area (Å²) in [5.74, 6) is 0.615. The van der Waals surface area contributed by atoms with Crippen molar-refractivity contribution >= 4 is 21.6 Å². The lowest BCUT2D eigenvalue weighted by molar-refractivity contribution is 0.185. The van der Waals surface area contributed by atoms with Crippen LogP contribution in [0.25, 0.3) is 11.3 Å². The lowest BCUT2D eigenvalue weighted by Gasteiger charge is -2.37. The minimum Gasteiger partial charge on any atom is -0.337 e. The molecule has 8 nitrogen and oxygen atoms in total. The van der Waals surface area contributed by atoms with E-state index in [9.17, 15) is 13.2 Å². The van der Waals surface area contributed by atoms with Crippen LogP contribution in [0.4, 0.5) is 0 Å². The van der Waals surface area contributed by atoms with Crippen LogP contribution in [0.15, 0.2) is 52.4 Å². The average molecular weight is 420 g/mol. The summed E-state index contributed by atoms with van der Waals surface area (Å²) in [5.41, 5.74) is 1.18. The van der Waals surface area contributed by atoms with Crippen molar-refractivity contribution < 1.29 is 8.42 Å². The van der Waals surface area contributed by atoms with Gasteiger partial charge in [-0.05, 0) is 25.1 Å². The van der Waals surface area contributed by atoms with Gasteiger partial charge in [-0.15, -0.1) is 0 Å². The number of rotatable bonds is 4. The minimum atomic E-state index is -3.68. The number of hydrogen-bond acceptors (Lipinski definition) is 5. The van der Waals surface area contributed by atoms with Gasteiger partial charge in [0, 0.05) is 43.0 Å². The normalized spacial score (nSPS) is 15.5. The van der Waals surface area contributed by atoms with Crippen LogP contribution in [0.1, 0.15) is 11.9 Å². The second-order valence-corrected chi connectivity index (χ2v) is 9.04. The number of nitrogens with zero attached hydrogens (tertiary/aromatic N) is 5. The van der Waals surface area contributed by atoms with E-state index in [1.807, 2.05) is 12.1 Å². The maximum Gasteiger partial charge on any atom is 0.267 e. The summed E-state index contributed by atoms with van der Waals surface area (Å²) in [4.78, 5) is 16.4. The highest BCUT2D eigenvalue weighted by Gasteiger charge is 2.40. The minimum absolute atomic E-state index is 0.0150. The number of hydrogen-bond donors (Lipinski definition) is 0. The third-order valence-electron chi connectivity index (χ3n) is 4.83. The quantitative estimate of drug-likeness (QED) is 0.643. The first-order valence-electron chi connectivity index (χ1n) is 8.61. The van der Waals surface area contributed by atoms with E-state index in [2.05, 4.69) is 10.1 Å². The van der Waals surface area contributed by atoms with Gasteiger partial charge < -0.3 is 4.57 Å². The topological polar surface area (TPSA) is 90.1 Å². The molecule has 1 aliphatic rings. The molecule has 0 atom stereocenters. The van der Waals surface area contributed by atoms with Gasteiger partial charge in [0.15, 0.2) is 5.03 Å². The zero-order chi connectivity index (χ0) is 20.1. The second-order valence-electron chi connectivity index (χ2n) is 6.72. The molecule has 3 heterocycles. The number of benzene rings is 1. The van der Waals surface area contributed by atoms with Gasteiger partial charge in [-0.25, -0.2) is 18.1 Å². The Balaban J connectivity index is 1.56. The molecule has 10 heteroatoms. The molecule has 4 rings (SSSR count). The maximum absolute atomic E-state index is 12.7. The Labute approximate surface area is 167 Å². The van der Waals surface area contributed by atoms with Gasteiger partial charge in [-0.1, -0.05) is 23.7 Å². The number of imidazole rings is 1. The molecule has 0 bridgehead atoms. The largest absolute Gasteiger partial charge is 0.337 e. The standard InChI is InChI=1S/C18H18ClN5O3S/c1-12-20-17(11-22(12)2)28(26,27)23-9-15(10-23)24-18(25)8-7-16(21-24)13-3-5-14(19)6-4-13/h3-8,11,15H,9-10H2,1-2H3. The molecule has 3 aromatic rings. The highest BCUT2D eigenvalue weighted by Crippen LogP contribution is 2.27. The summed E-state index contributed by atoms with van der Waals surface area (Å²) in [6.45, 7) is 2.09. The van der Waals surface area contributed by atoms with Crippen LogP contribution in [0.2, 0.25) is 5.02 Å². The predicted molar refractivity (Wildman–Crippen MR) is 105 cm³/mol. The molecule has 0 amide bonds. The average Bonchev–Trinajstić information content (AvgIpc) is 2.96. The fourth-order valence-electron chi connectivity index (χ4n) is 3.01. The lowest BCUT2D eigenvalue weighted by atomic mass is 10.1. The number of sulfonamides is 1. The van der Waals surface area contributed by atoms with E-state index in [4.69, 9.17) is 11.6 Å². The Hall–Kier alpha value is -2.49. The van der Waals surface area contributed by atoms with E-state index in [1.54, 1.807) is 36.7 Å². The summed E-state index contributed by atoms with van der Waals surface area (Å²) < 4.78 is 29.7. The molecule has 2 aromatic heterocycles. The van der Waals surface area contributed by atoms with Gasteiger partial charge in [0.1, 0.15) is 5.82 Å². The SMILES string of the molecule is Cc1nc(S(=O)(=O)N2CC(n3nc(-c4ccc(Cl)cc4)ccc3=O)C2)cn1C. The molecule has 0 saturated carbocycles. The van der Waals surface area contributed by atoms with Crippen molar-refractivity contribution in [2.24, 2.45) is 7.05 Å². The highest BCUT2D eigenvalue weighted by molar-refractivity contribution is 7.89. The van der Waals surface area contributed by atoms with Crippen LogP contribution >= 0.6 is 11.6 Å². The van der Waals surface area contributed by atoms with Gasteiger partial charge in [-0.3, -0.25) is 4.79 Å². The molecule has 0 N–H and O–H groups in total. The summed E-state index contributed by atoms with van der Waals surface area (Å²) >= 11 is 5.91. The van der Waals surface area contributed by atoms with Gasteiger partial charge >= 0.3 is 0 Å². The van der Waals surface area contributed by atoms with Crippen molar-refractivity contribution in [3.63, 3.8) is 0 Å². The van der Waals surface area contributed by atoms with Gasteiger partial charge in [0.2, 0.25) is 0 Å². The summed E-state index contributed by atoms with van der Waals surface area (Å²) in [5, 5.41) is 5.05. The Bertz CT molecular complexity index is 1180. The van der Waals surface area contributed by atoms with Crippen molar-refractivity contribution in [3.05, 3.63) is 63.8 Å². The van der Waals surface area contributed by atoms with Crippen molar-refractivity contribution in [2.45, 2.75) is 18.0 Å². The van der Waals surface area contributed by atoms with Crippen molar-refractivity contribution in [3.8, 4) is 11.3 Å². The fourth-order valence-corrected chi connectivity index (χ4v) is 4.68. The Morgan fingerprint density at radius 2 is 1.79 bits per heavy atom. The molecule has 0 aliphatic carbocycles. The second kappa shape index (κ2) is 6.84. The molecule has 1 fully saturated rings. The van der Waals surface area contributed by atoms with E-state index in [1.165, 1.54) is 21.3 Å². The first-order valence-corrected chi connectivity index (χ1v) is 10.4. The van der Waals surface area contributed by atoms with Gasteiger partial charge in [-0.2, -0.15) is 9.40 Å². The van der Waals surface area contributed by atoms with Crippen LogP contribution < -0.4 is 5.56 Å². The van der Waals surface area contributed by atoms with Crippen LogP contribution in [-0.2, 0) is 17.1 Å². The fraction of sp³-hybridized carbons (Fsp3) is 0.278. The molecule has 1 saturated heterocycles. The van der Waals surface area contributed by atoms with Gasteiger partial charge in [0.05, 0.1) is 11.7 Å². The molecule has 1 aliphatic heterocycles. The third kappa shape index (κ3) is 3.25. The molecule has 1 aromatic carbocycles. The molecule has 28 heavy (non-hydrogen) atoms. The van der Waals surface area contributed by atoms with E-state index < -0.39 is 10.0 Å². The Morgan fingerprint density at radius 3 is 2.39 bits per heavy atom. The molecule has 0 spiro atoms. The monoisotopic (exact) mass is 419 g/mol. The van der Waals surface area contributed by atoms with E-state index in [0.29, 0.717) is 16.5 Å². The van der Waals surface area contributed by atoms with E-state index in [0.717, 1.165) is 5.56 Å². The zero-order valence-electron chi connectivity index (χ0n) is 15.3. The summed E-state index contributed by atoms with van der Waals surface area (Å²) in [7, 11) is -1.94. The summed E-state index contributed by atoms with van der Waals surface area (Å²) in [6, 6.07) is 9.91. The van der Waals surface area contributed by atoms with Crippen LogP contribution in [0.3, 0.4) is 0 Å². The first-order chi connectivity index (χ1) is 13.3. The molecule has 0 unspecified atom stereocenters. The smallest absolute Gasteiger partial charge is 0.267 e. The lowest BCUT2D eigenvalue weighted by Crippen LogP contribution is -2.53.